The van der Waals surface area contributed by atoms with Gasteiger partial charge in [-0.1, -0.05) is 0 Å². The molecule has 1 amide bonds. The summed E-state index contributed by atoms with van der Waals surface area (Å²) < 4.78 is 13.1. The number of hydrogen-bond acceptors (Lipinski definition) is 4. The van der Waals surface area contributed by atoms with Gasteiger partial charge in [-0.15, -0.1) is 0 Å². The number of rotatable bonds is 5. The summed E-state index contributed by atoms with van der Waals surface area (Å²) in [5.74, 6) is -0.0693. The molecule has 6 heteroatoms. The fourth-order valence-electron chi connectivity index (χ4n) is 3.26. The van der Waals surface area contributed by atoms with E-state index in [1.807, 2.05) is 29.0 Å². The first-order valence-electron chi connectivity index (χ1n) is 8.97. The van der Waals surface area contributed by atoms with Crippen LogP contribution in [0.2, 0.25) is 0 Å². The van der Waals surface area contributed by atoms with E-state index in [0.717, 1.165) is 43.9 Å². The first kappa shape index (κ1) is 18.3. The zero-order chi connectivity index (χ0) is 18.4. The van der Waals surface area contributed by atoms with Gasteiger partial charge in [0, 0.05) is 50.8 Å². The van der Waals surface area contributed by atoms with Crippen LogP contribution in [0.3, 0.4) is 0 Å². The van der Waals surface area contributed by atoms with Crippen molar-refractivity contribution in [1.29, 1.82) is 0 Å². The molecule has 26 heavy (non-hydrogen) atoms. The van der Waals surface area contributed by atoms with Gasteiger partial charge in [0.05, 0.1) is 6.54 Å². The highest BCUT2D eigenvalue weighted by atomic mass is 19.1. The van der Waals surface area contributed by atoms with E-state index < -0.39 is 0 Å². The Morgan fingerprint density at radius 2 is 1.81 bits per heavy atom. The number of carbonyl (C=O) groups excluding carboxylic acids is 1. The lowest BCUT2D eigenvalue weighted by Gasteiger charge is -2.25. The number of halogens is 1. The van der Waals surface area contributed by atoms with E-state index in [9.17, 15) is 9.18 Å². The van der Waals surface area contributed by atoms with Crippen LogP contribution in [-0.2, 0) is 11.3 Å². The third-order valence-corrected chi connectivity index (χ3v) is 4.65. The van der Waals surface area contributed by atoms with Gasteiger partial charge in [0.1, 0.15) is 5.82 Å². The monoisotopic (exact) mass is 356 g/mol. The summed E-state index contributed by atoms with van der Waals surface area (Å²) in [5, 5.41) is 0. The Bertz CT molecular complexity index is 708. The highest BCUT2D eigenvalue weighted by Gasteiger charge is 2.20. The van der Waals surface area contributed by atoms with Crippen LogP contribution in [-0.4, -0.2) is 60.5 Å². The third-order valence-electron chi connectivity index (χ3n) is 4.65. The van der Waals surface area contributed by atoms with Crippen molar-refractivity contribution >= 4 is 11.6 Å². The van der Waals surface area contributed by atoms with Crippen LogP contribution in [0.15, 0.2) is 48.8 Å². The molecule has 2 aromatic rings. The fraction of sp³-hybridized carbons (Fsp3) is 0.400. The molecule has 0 N–H and O–H groups in total. The molecule has 0 spiro atoms. The molecule has 0 bridgehead atoms. The minimum Gasteiger partial charge on any atom is -0.370 e. The molecular formula is C20H25FN4O. The lowest BCUT2D eigenvalue weighted by Crippen LogP contribution is -2.40. The van der Waals surface area contributed by atoms with Gasteiger partial charge in [0.2, 0.25) is 5.91 Å². The summed E-state index contributed by atoms with van der Waals surface area (Å²) in [4.78, 5) is 22.8. The molecular weight excluding hydrogens is 331 g/mol. The van der Waals surface area contributed by atoms with Crippen LogP contribution in [0.25, 0.3) is 0 Å². The van der Waals surface area contributed by atoms with Gasteiger partial charge in [-0.2, -0.15) is 0 Å². The minimum atomic E-state index is -0.224. The third kappa shape index (κ3) is 5.02. The first-order chi connectivity index (χ1) is 12.6. The van der Waals surface area contributed by atoms with E-state index in [-0.39, 0.29) is 11.7 Å². The van der Waals surface area contributed by atoms with Gasteiger partial charge >= 0.3 is 0 Å². The van der Waals surface area contributed by atoms with E-state index in [4.69, 9.17) is 0 Å². The quantitative estimate of drug-likeness (QED) is 0.825. The van der Waals surface area contributed by atoms with Crippen LogP contribution < -0.4 is 4.90 Å². The molecule has 0 atom stereocenters. The van der Waals surface area contributed by atoms with Crippen LogP contribution in [0.1, 0.15) is 12.0 Å². The van der Waals surface area contributed by atoms with Crippen LogP contribution in [0, 0.1) is 5.82 Å². The average Bonchev–Trinajstić information content (AvgIpc) is 2.89. The minimum absolute atomic E-state index is 0.155. The summed E-state index contributed by atoms with van der Waals surface area (Å²) in [6.07, 6.45) is 4.45. The predicted octanol–water partition coefficient (Wildman–Crippen LogP) is 2.39. The van der Waals surface area contributed by atoms with Gasteiger partial charge in [-0.3, -0.25) is 14.7 Å². The summed E-state index contributed by atoms with van der Waals surface area (Å²) in [6.45, 7) is 4.23. The number of anilines is 1. The molecule has 1 saturated heterocycles. The zero-order valence-electron chi connectivity index (χ0n) is 15.1. The number of aromatic nitrogens is 1. The fourth-order valence-corrected chi connectivity index (χ4v) is 3.26. The van der Waals surface area contributed by atoms with Crippen LogP contribution in [0.5, 0.6) is 0 Å². The van der Waals surface area contributed by atoms with Gasteiger partial charge in [-0.05, 0) is 55.4 Å². The molecule has 0 aliphatic carbocycles. The van der Waals surface area contributed by atoms with Crippen molar-refractivity contribution < 1.29 is 9.18 Å². The highest BCUT2D eigenvalue weighted by Crippen LogP contribution is 2.17. The lowest BCUT2D eigenvalue weighted by molar-refractivity contribution is -0.132. The van der Waals surface area contributed by atoms with E-state index in [1.165, 1.54) is 12.1 Å². The highest BCUT2D eigenvalue weighted by molar-refractivity contribution is 5.78. The molecule has 0 saturated carbocycles. The maximum absolute atomic E-state index is 13.1. The second-order valence-corrected chi connectivity index (χ2v) is 6.73. The molecule has 1 aliphatic heterocycles. The van der Waals surface area contributed by atoms with Crippen molar-refractivity contribution in [3.63, 3.8) is 0 Å². The standard InChI is InChI=1S/C20H25FN4O/c1-23(15-17-7-9-22-10-8-17)16-20(26)25-12-2-11-24(13-14-25)19-5-3-18(21)4-6-19/h3-10H,2,11-16H2,1H3. The van der Waals surface area contributed by atoms with Crippen molar-refractivity contribution in [1.82, 2.24) is 14.8 Å². The van der Waals surface area contributed by atoms with E-state index >= 15 is 0 Å². The molecule has 0 unspecified atom stereocenters. The number of nitrogens with zero attached hydrogens (tertiary/aromatic N) is 4. The number of hydrogen-bond donors (Lipinski definition) is 0. The maximum atomic E-state index is 13.1. The Labute approximate surface area is 154 Å². The second-order valence-electron chi connectivity index (χ2n) is 6.73. The van der Waals surface area contributed by atoms with Crippen LogP contribution >= 0.6 is 0 Å². The van der Waals surface area contributed by atoms with Gasteiger partial charge in [-0.25, -0.2) is 4.39 Å². The predicted molar refractivity (Wildman–Crippen MR) is 100 cm³/mol. The molecule has 1 fully saturated rings. The lowest BCUT2D eigenvalue weighted by atomic mass is 10.2. The van der Waals surface area contributed by atoms with Crippen molar-refractivity contribution in [3.8, 4) is 0 Å². The number of pyridine rings is 1. The van der Waals surface area contributed by atoms with Crippen molar-refractivity contribution in [2.24, 2.45) is 0 Å². The average molecular weight is 356 g/mol. The Hall–Kier alpha value is -2.47. The van der Waals surface area contributed by atoms with Gasteiger partial charge in [0.15, 0.2) is 0 Å². The molecule has 1 aliphatic rings. The molecule has 138 valence electrons. The maximum Gasteiger partial charge on any atom is 0.236 e. The van der Waals surface area contributed by atoms with Gasteiger partial charge < -0.3 is 9.80 Å². The summed E-state index contributed by atoms with van der Waals surface area (Å²) in [6, 6.07) is 10.5. The zero-order valence-corrected chi connectivity index (χ0v) is 15.1. The summed E-state index contributed by atoms with van der Waals surface area (Å²) >= 11 is 0. The summed E-state index contributed by atoms with van der Waals surface area (Å²) in [7, 11) is 1.96. The Kier molecular flexibility index (Phi) is 6.17. The topological polar surface area (TPSA) is 39.7 Å². The molecule has 0 radical (unpaired) electrons. The van der Waals surface area contributed by atoms with E-state index in [0.29, 0.717) is 13.1 Å². The van der Waals surface area contributed by atoms with E-state index in [2.05, 4.69) is 9.88 Å². The Balaban J connectivity index is 1.51. The molecule has 3 rings (SSSR count). The Morgan fingerprint density at radius 1 is 1.08 bits per heavy atom. The number of carbonyl (C=O) groups is 1. The number of likely N-dealkylation sites (N-methyl/N-ethyl adjacent to an activating group) is 1. The molecule has 2 heterocycles. The van der Waals surface area contributed by atoms with Crippen molar-refractivity contribution in [2.45, 2.75) is 13.0 Å². The SMILES string of the molecule is CN(CC(=O)N1CCCN(c2ccc(F)cc2)CC1)Cc1ccncc1. The molecule has 1 aromatic heterocycles. The van der Waals surface area contributed by atoms with Gasteiger partial charge in [0.25, 0.3) is 0 Å². The smallest absolute Gasteiger partial charge is 0.236 e. The van der Waals surface area contributed by atoms with Crippen molar-refractivity contribution in [3.05, 3.63) is 60.2 Å². The summed E-state index contributed by atoms with van der Waals surface area (Å²) in [5.41, 5.74) is 2.16. The molecule has 1 aromatic carbocycles. The molecule has 5 nitrogen and oxygen atoms in total. The normalized spacial score (nSPS) is 15.2. The largest absolute Gasteiger partial charge is 0.370 e. The first-order valence-corrected chi connectivity index (χ1v) is 8.97. The number of amides is 1. The Morgan fingerprint density at radius 3 is 2.54 bits per heavy atom. The van der Waals surface area contributed by atoms with Crippen molar-refractivity contribution in [2.75, 3.05) is 44.7 Å². The van der Waals surface area contributed by atoms with E-state index in [1.54, 1.807) is 24.5 Å². The number of benzene rings is 1. The van der Waals surface area contributed by atoms with Crippen LogP contribution in [0.4, 0.5) is 10.1 Å². The second kappa shape index (κ2) is 8.76.